The summed E-state index contributed by atoms with van der Waals surface area (Å²) < 4.78 is 0. The second kappa shape index (κ2) is 2.72. The molecule has 2 nitrogen and oxygen atoms in total. The van der Waals surface area contributed by atoms with Crippen LogP contribution in [0.25, 0.3) is 0 Å². The fraction of sp³-hybridized carbons (Fsp3) is 0.667. The van der Waals surface area contributed by atoms with Gasteiger partial charge in [-0.05, 0) is 25.7 Å². The van der Waals surface area contributed by atoms with Crippen molar-refractivity contribution >= 4 is 0 Å². The molecule has 1 rings (SSSR count). The number of hydrogen-bond acceptors (Lipinski definition) is 2. The van der Waals surface area contributed by atoms with E-state index < -0.39 is 0 Å². The highest BCUT2D eigenvalue weighted by atomic mass is 15.2. The Hall–Kier alpha value is -0.500. The van der Waals surface area contributed by atoms with E-state index in [1.165, 1.54) is 25.0 Å². The molecule has 2 heteroatoms. The van der Waals surface area contributed by atoms with E-state index in [4.69, 9.17) is 5.84 Å². The van der Waals surface area contributed by atoms with E-state index in [2.05, 4.69) is 11.5 Å². The maximum Gasteiger partial charge on any atom is 0.0219 e. The summed E-state index contributed by atoms with van der Waals surface area (Å²) >= 11 is 0. The highest BCUT2D eigenvalue weighted by Crippen LogP contribution is 2.13. The van der Waals surface area contributed by atoms with Crippen molar-refractivity contribution in [1.29, 1.82) is 0 Å². The monoisotopic (exact) mass is 112 g/mol. The van der Waals surface area contributed by atoms with E-state index in [9.17, 15) is 0 Å². The Morgan fingerprint density at radius 3 is 2.75 bits per heavy atom. The van der Waals surface area contributed by atoms with Gasteiger partial charge in [0.25, 0.3) is 0 Å². The smallest absolute Gasteiger partial charge is 0.0219 e. The van der Waals surface area contributed by atoms with Crippen molar-refractivity contribution in [2.24, 2.45) is 5.84 Å². The summed E-state index contributed by atoms with van der Waals surface area (Å²) in [5.41, 5.74) is 3.87. The lowest BCUT2D eigenvalue weighted by Gasteiger charge is -2.10. The molecule has 46 valence electrons. The van der Waals surface area contributed by atoms with Crippen molar-refractivity contribution in [3.63, 3.8) is 0 Å². The average molecular weight is 112 g/mol. The summed E-state index contributed by atoms with van der Waals surface area (Å²) in [6.07, 6.45) is 7.11. The Balaban J connectivity index is 2.37. The third-order valence-electron chi connectivity index (χ3n) is 1.48. The third-order valence-corrected chi connectivity index (χ3v) is 1.48. The van der Waals surface area contributed by atoms with Gasteiger partial charge in [-0.15, -0.1) is 0 Å². The first-order valence-electron chi connectivity index (χ1n) is 3.09. The van der Waals surface area contributed by atoms with Crippen LogP contribution in [-0.4, -0.2) is 0 Å². The first kappa shape index (κ1) is 5.63. The molecule has 0 aromatic carbocycles. The highest BCUT2D eigenvalue weighted by Gasteiger charge is 1.98. The molecule has 0 aliphatic heterocycles. The summed E-state index contributed by atoms with van der Waals surface area (Å²) in [7, 11) is 0. The SMILES string of the molecule is NNC1=CCCCC1. The molecule has 8 heavy (non-hydrogen) atoms. The van der Waals surface area contributed by atoms with Crippen molar-refractivity contribution in [1.82, 2.24) is 5.43 Å². The summed E-state index contributed by atoms with van der Waals surface area (Å²) in [6, 6.07) is 0. The Bertz CT molecular complexity index is 96.7. The van der Waals surface area contributed by atoms with Gasteiger partial charge in [-0.2, -0.15) is 0 Å². The average Bonchev–Trinajstić information content (AvgIpc) is 1.90. The normalized spacial score (nSPS) is 19.9. The minimum absolute atomic E-state index is 1.14. The lowest BCUT2D eigenvalue weighted by molar-refractivity contribution is 0.651. The third kappa shape index (κ3) is 1.23. The molecular weight excluding hydrogens is 100 g/mol. The molecule has 0 atom stereocenters. The van der Waals surface area contributed by atoms with Gasteiger partial charge < -0.3 is 5.43 Å². The molecular formula is C6H12N2. The van der Waals surface area contributed by atoms with E-state index in [1.807, 2.05) is 0 Å². The zero-order chi connectivity index (χ0) is 5.82. The first-order chi connectivity index (χ1) is 3.93. The van der Waals surface area contributed by atoms with E-state index in [-0.39, 0.29) is 0 Å². The van der Waals surface area contributed by atoms with E-state index in [0.717, 1.165) is 6.42 Å². The summed E-state index contributed by atoms with van der Waals surface area (Å²) in [4.78, 5) is 0. The Morgan fingerprint density at radius 1 is 1.50 bits per heavy atom. The summed E-state index contributed by atoms with van der Waals surface area (Å²) in [5, 5.41) is 0. The zero-order valence-electron chi connectivity index (χ0n) is 4.98. The largest absolute Gasteiger partial charge is 0.329 e. The van der Waals surface area contributed by atoms with Crippen molar-refractivity contribution in [3.8, 4) is 0 Å². The van der Waals surface area contributed by atoms with Crippen molar-refractivity contribution in [2.45, 2.75) is 25.7 Å². The summed E-state index contributed by atoms with van der Waals surface area (Å²) in [6.45, 7) is 0. The number of allylic oxidation sites excluding steroid dienone is 2. The minimum Gasteiger partial charge on any atom is -0.329 e. The molecule has 0 bridgehead atoms. The highest BCUT2D eigenvalue weighted by molar-refractivity contribution is 5.00. The van der Waals surface area contributed by atoms with Crippen LogP contribution < -0.4 is 11.3 Å². The minimum atomic E-state index is 1.14. The van der Waals surface area contributed by atoms with Crippen LogP contribution >= 0.6 is 0 Å². The molecule has 0 radical (unpaired) electrons. The zero-order valence-corrected chi connectivity index (χ0v) is 4.98. The molecule has 1 aliphatic rings. The number of hydrazine groups is 1. The van der Waals surface area contributed by atoms with Crippen LogP contribution in [-0.2, 0) is 0 Å². The van der Waals surface area contributed by atoms with Gasteiger partial charge in [-0.1, -0.05) is 6.08 Å². The van der Waals surface area contributed by atoms with Crippen LogP contribution in [0.15, 0.2) is 11.8 Å². The lowest BCUT2D eigenvalue weighted by Crippen LogP contribution is -2.21. The van der Waals surface area contributed by atoms with Crippen LogP contribution in [0.2, 0.25) is 0 Å². The molecule has 0 fully saturated rings. The van der Waals surface area contributed by atoms with Crippen LogP contribution in [0, 0.1) is 0 Å². The van der Waals surface area contributed by atoms with Gasteiger partial charge in [-0.3, -0.25) is 5.84 Å². The molecule has 0 saturated carbocycles. The molecule has 1 aliphatic carbocycles. The van der Waals surface area contributed by atoms with Gasteiger partial charge >= 0.3 is 0 Å². The number of nitrogens with one attached hydrogen (secondary N) is 1. The lowest BCUT2D eigenvalue weighted by atomic mass is 10.1. The topological polar surface area (TPSA) is 38.0 Å². The Labute approximate surface area is 49.7 Å². The van der Waals surface area contributed by atoms with Gasteiger partial charge in [0, 0.05) is 5.70 Å². The van der Waals surface area contributed by atoms with Crippen molar-refractivity contribution in [2.75, 3.05) is 0 Å². The second-order valence-corrected chi connectivity index (χ2v) is 2.12. The fourth-order valence-electron chi connectivity index (χ4n) is 0.969. The van der Waals surface area contributed by atoms with Crippen LogP contribution in [0.1, 0.15) is 25.7 Å². The first-order valence-corrected chi connectivity index (χ1v) is 3.09. The van der Waals surface area contributed by atoms with Crippen LogP contribution in [0.3, 0.4) is 0 Å². The van der Waals surface area contributed by atoms with Gasteiger partial charge in [0.2, 0.25) is 0 Å². The van der Waals surface area contributed by atoms with Gasteiger partial charge in [-0.25, -0.2) is 0 Å². The van der Waals surface area contributed by atoms with E-state index in [1.54, 1.807) is 0 Å². The van der Waals surface area contributed by atoms with Gasteiger partial charge in [0.15, 0.2) is 0 Å². The molecule has 0 spiro atoms. The molecule has 0 unspecified atom stereocenters. The van der Waals surface area contributed by atoms with Gasteiger partial charge in [0.1, 0.15) is 0 Å². The van der Waals surface area contributed by atoms with Crippen molar-refractivity contribution in [3.05, 3.63) is 11.8 Å². The standard InChI is InChI=1S/C6H12N2/c7-8-6-4-2-1-3-5-6/h4,8H,1-3,5,7H2. The number of nitrogens with two attached hydrogens (primary N) is 1. The Morgan fingerprint density at radius 2 is 2.38 bits per heavy atom. The summed E-state index contributed by atoms with van der Waals surface area (Å²) in [5.74, 6) is 5.18. The van der Waals surface area contributed by atoms with Crippen molar-refractivity contribution < 1.29 is 0 Å². The molecule has 0 heterocycles. The maximum absolute atomic E-state index is 5.18. The number of rotatable bonds is 1. The van der Waals surface area contributed by atoms with Crippen LogP contribution in [0.5, 0.6) is 0 Å². The fourth-order valence-corrected chi connectivity index (χ4v) is 0.969. The van der Waals surface area contributed by atoms with Gasteiger partial charge in [0.05, 0.1) is 0 Å². The predicted octanol–water partition coefficient (Wildman–Crippen LogP) is 0.908. The molecule has 0 saturated heterocycles. The predicted molar refractivity (Wildman–Crippen MR) is 33.9 cm³/mol. The second-order valence-electron chi connectivity index (χ2n) is 2.12. The van der Waals surface area contributed by atoms with E-state index in [0.29, 0.717) is 0 Å². The molecule has 3 N–H and O–H groups in total. The maximum atomic E-state index is 5.18. The Kier molecular flexibility index (Phi) is 1.92. The molecule has 0 amide bonds. The quantitative estimate of drug-likeness (QED) is 0.391. The van der Waals surface area contributed by atoms with Crippen LogP contribution in [0.4, 0.5) is 0 Å². The van der Waals surface area contributed by atoms with E-state index >= 15 is 0 Å². The molecule has 0 aromatic rings. The number of hydrogen-bond donors (Lipinski definition) is 2. The molecule has 0 aromatic heterocycles.